The molecule has 0 aromatic heterocycles. The zero-order valence-electron chi connectivity index (χ0n) is 7.90. The summed E-state index contributed by atoms with van der Waals surface area (Å²) < 4.78 is 0. The molecule has 0 unspecified atom stereocenters. The van der Waals surface area contributed by atoms with Gasteiger partial charge < -0.3 is 0 Å². The van der Waals surface area contributed by atoms with Gasteiger partial charge in [0.05, 0.1) is 20.1 Å². The molecule has 2 aromatic rings. The first-order valence-electron chi connectivity index (χ1n) is 4.42. The molecule has 4 heteroatoms. The van der Waals surface area contributed by atoms with E-state index in [1.165, 1.54) is 0 Å². The van der Waals surface area contributed by atoms with Crippen LogP contribution >= 0.6 is 46.4 Å². The van der Waals surface area contributed by atoms with E-state index >= 15 is 0 Å². The summed E-state index contributed by atoms with van der Waals surface area (Å²) in [5.41, 5.74) is 1.53. The van der Waals surface area contributed by atoms with Crippen molar-refractivity contribution in [1.29, 1.82) is 0 Å². The lowest BCUT2D eigenvalue weighted by atomic mass is 10.1. The van der Waals surface area contributed by atoms with E-state index in [9.17, 15) is 0 Å². The summed E-state index contributed by atoms with van der Waals surface area (Å²) in [7, 11) is 0. The third-order valence-electron chi connectivity index (χ3n) is 2.11. The lowest BCUT2D eigenvalue weighted by Crippen LogP contribution is -1.84. The smallest absolute Gasteiger partial charge is 0.0792 e. The molecule has 0 aliphatic rings. The van der Waals surface area contributed by atoms with Gasteiger partial charge in [-0.3, -0.25) is 0 Å². The van der Waals surface area contributed by atoms with Gasteiger partial charge >= 0.3 is 0 Å². The number of benzene rings is 2. The fourth-order valence-corrected chi connectivity index (χ4v) is 2.45. The molecule has 0 amide bonds. The average molecular weight is 291 g/mol. The first-order valence-corrected chi connectivity index (χ1v) is 5.93. The van der Waals surface area contributed by atoms with E-state index in [1.54, 1.807) is 0 Å². The van der Waals surface area contributed by atoms with Gasteiger partial charge in [-0.2, -0.15) is 0 Å². The highest BCUT2D eigenvalue weighted by atomic mass is 35.5. The zero-order valence-corrected chi connectivity index (χ0v) is 10.9. The molecular formula is C12H5Cl4. The summed E-state index contributed by atoms with van der Waals surface area (Å²) in [5.74, 6) is 0. The van der Waals surface area contributed by atoms with Crippen molar-refractivity contribution in [3.05, 3.63) is 56.5 Å². The molecule has 0 aliphatic heterocycles. The third kappa shape index (κ3) is 2.16. The Balaban J connectivity index is 2.71. The van der Waals surface area contributed by atoms with Gasteiger partial charge in [-0.05, 0) is 5.56 Å². The fourth-order valence-electron chi connectivity index (χ4n) is 1.37. The maximum absolute atomic E-state index is 6.12. The maximum Gasteiger partial charge on any atom is 0.0792 e. The number of hydrogen-bond donors (Lipinski definition) is 0. The van der Waals surface area contributed by atoms with Crippen molar-refractivity contribution in [3.8, 4) is 11.1 Å². The molecule has 0 saturated heterocycles. The molecule has 0 heterocycles. The Morgan fingerprint density at radius 1 is 0.750 bits per heavy atom. The van der Waals surface area contributed by atoms with Crippen LogP contribution in [-0.2, 0) is 0 Å². The predicted octanol–water partition coefficient (Wildman–Crippen LogP) is 5.77. The highest BCUT2D eigenvalue weighted by Gasteiger charge is 2.15. The van der Waals surface area contributed by atoms with Crippen LogP contribution in [0.2, 0.25) is 20.1 Å². The van der Waals surface area contributed by atoms with Crippen LogP contribution in [0.15, 0.2) is 30.3 Å². The second-order valence-corrected chi connectivity index (χ2v) is 4.63. The van der Waals surface area contributed by atoms with Gasteiger partial charge in [-0.1, -0.05) is 76.7 Å². The standard InChI is InChI=1S/C12H5Cl4/c13-8-6-9(14)11(15)12(16)10(8)7-4-2-1-3-5-7/h1-5H. The first kappa shape index (κ1) is 12.1. The summed E-state index contributed by atoms with van der Waals surface area (Å²) in [5, 5.41) is 1.22. The monoisotopic (exact) mass is 289 g/mol. The van der Waals surface area contributed by atoms with Crippen molar-refractivity contribution in [3.63, 3.8) is 0 Å². The van der Waals surface area contributed by atoms with Crippen LogP contribution < -0.4 is 0 Å². The molecule has 2 aromatic carbocycles. The second-order valence-electron chi connectivity index (χ2n) is 3.12. The van der Waals surface area contributed by atoms with Crippen molar-refractivity contribution >= 4 is 46.4 Å². The molecule has 1 radical (unpaired) electrons. The van der Waals surface area contributed by atoms with Crippen LogP contribution in [0.5, 0.6) is 0 Å². The molecule has 0 spiro atoms. The van der Waals surface area contributed by atoms with Gasteiger partial charge in [0.25, 0.3) is 0 Å². The third-order valence-corrected chi connectivity index (χ3v) is 3.62. The predicted molar refractivity (Wildman–Crippen MR) is 70.8 cm³/mol. The van der Waals surface area contributed by atoms with Gasteiger partial charge in [0.1, 0.15) is 0 Å². The molecule has 0 aliphatic carbocycles. The average Bonchev–Trinajstić information content (AvgIpc) is 2.28. The number of hydrogen-bond acceptors (Lipinski definition) is 0. The van der Waals surface area contributed by atoms with Crippen LogP contribution in [0.3, 0.4) is 0 Å². The van der Waals surface area contributed by atoms with E-state index in [1.807, 2.05) is 30.3 Å². The fraction of sp³-hybridized carbons (Fsp3) is 0. The maximum atomic E-state index is 6.12. The lowest BCUT2D eigenvalue weighted by molar-refractivity contribution is 1.61. The van der Waals surface area contributed by atoms with Crippen molar-refractivity contribution in [2.75, 3.05) is 0 Å². The minimum absolute atomic E-state index is 0.233. The van der Waals surface area contributed by atoms with Crippen LogP contribution in [0.1, 0.15) is 0 Å². The zero-order chi connectivity index (χ0) is 11.7. The Morgan fingerprint density at radius 2 is 1.38 bits per heavy atom. The van der Waals surface area contributed by atoms with E-state index in [-0.39, 0.29) is 10.0 Å². The first-order chi connectivity index (χ1) is 7.61. The molecule has 0 bridgehead atoms. The van der Waals surface area contributed by atoms with E-state index in [4.69, 9.17) is 46.4 Å². The van der Waals surface area contributed by atoms with Crippen LogP contribution in [0, 0.1) is 6.07 Å². The lowest BCUT2D eigenvalue weighted by Gasteiger charge is -2.09. The van der Waals surface area contributed by atoms with Gasteiger partial charge in [-0.15, -0.1) is 0 Å². The normalized spacial score (nSPS) is 10.5. The number of rotatable bonds is 1. The van der Waals surface area contributed by atoms with E-state index in [2.05, 4.69) is 6.07 Å². The van der Waals surface area contributed by atoms with Crippen LogP contribution in [0.25, 0.3) is 11.1 Å². The molecule has 0 fully saturated rings. The molecule has 0 N–H and O–H groups in total. The molecule has 16 heavy (non-hydrogen) atoms. The van der Waals surface area contributed by atoms with Gasteiger partial charge in [0, 0.05) is 11.6 Å². The Labute approximate surface area is 114 Å². The van der Waals surface area contributed by atoms with Crippen LogP contribution in [0.4, 0.5) is 0 Å². The molecular weight excluding hydrogens is 286 g/mol. The van der Waals surface area contributed by atoms with E-state index < -0.39 is 0 Å². The van der Waals surface area contributed by atoms with E-state index in [0.717, 1.165) is 5.56 Å². The second kappa shape index (κ2) is 4.85. The summed E-state index contributed by atoms with van der Waals surface area (Å²) >= 11 is 23.9. The van der Waals surface area contributed by atoms with Crippen molar-refractivity contribution in [2.45, 2.75) is 0 Å². The summed E-state index contributed by atoms with van der Waals surface area (Å²) in [4.78, 5) is 0. The summed E-state index contributed by atoms with van der Waals surface area (Å²) in [6.07, 6.45) is 0. The van der Waals surface area contributed by atoms with Crippen molar-refractivity contribution < 1.29 is 0 Å². The SMILES string of the molecule is Clc1[c]c(Cl)c(-c2ccccc2)c(Cl)c1Cl. The topological polar surface area (TPSA) is 0 Å². The van der Waals surface area contributed by atoms with Crippen LogP contribution in [-0.4, -0.2) is 0 Å². The number of halogens is 4. The Kier molecular flexibility index (Phi) is 3.66. The minimum Gasteiger partial charge on any atom is -0.0829 e. The highest BCUT2D eigenvalue weighted by molar-refractivity contribution is 6.51. The molecule has 2 rings (SSSR count). The van der Waals surface area contributed by atoms with Gasteiger partial charge in [-0.25, -0.2) is 0 Å². The minimum atomic E-state index is 0.233. The Bertz CT molecular complexity index is 520. The van der Waals surface area contributed by atoms with Gasteiger partial charge in [0.2, 0.25) is 0 Å². The Morgan fingerprint density at radius 3 is 2.00 bits per heavy atom. The highest BCUT2D eigenvalue weighted by Crippen LogP contribution is 2.42. The molecule has 0 nitrogen and oxygen atoms in total. The molecule has 0 atom stereocenters. The summed E-state index contributed by atoms with van der Waals surface area (Å²) in [6.45, 7) is 0. The summed E-state index contributed by atoms with van der Waals surface area (Å²) in [6, 6.07) is 12.2. The van der Waals surface area contributed by atoms with Crippen molar-refractivity contribution in [2.24, 2.45) is 0 Å². The van der Waals surface area contributed by atoms with Crippen molar-refractivity contribution in [1.82, 2.24) is 0 Å². The molecule has 81 valence electrons. The van der Waals surface area contributed by atoms with E-state index in [0.29, 0.717) is 15.6 Å². The largest absolute Gasteiger partial charge is 0.0829 e. The van der Waals surface area contributed by atoms with Gasteiger partial charge in [0.15, 0.2) is 0 Å². The Hall–Kier alpha value is -0.400. The molecule has 0 saturated carbocycles. The quantitative estimate of drug-likeness (QED) is 0.462.